The van der Waals surface area contributed by atoms with Gasteiger partial charge in [0.15, 0.2) is 0 Å². The number of nitrogens with one attached hydrogen (secondary N) is 2. The van der Waals surface area contributed by atoms with Crippen LogP contribution in [0.2, 0.25) is 0 Å². The van der Waals surface area contributed by atoms with Crippen LogP contribution in [-0.4, -0.2) is 31.2 Å². The SMILES string of the molecule is C[C@@H](NC(=O)CNCC(F)(F)F)C1CCCCC1. The third kappa shape index (κ3) is 6.23. The van der Waals surface area contributed by atoms with Crippen LogP contribution in [0.5, 0.6) is 0 Å². The van der Waals surface area contributed by atoms with Gasteiger partial charge in [0.2, 0.25) is 5.91 Å². The highest BCUT2D eigenvalue weighted by Crippen LogP contribution is 2.26. The highest BCUT2D eigenvalue weighted by Gasteiger charge is 2.27. The first kappa shape index (κ1) is 15.3. The fourth-order valence-corrected chi connectivity index (χ4v) is 2.37. The first-order valence-corrected chi connectivity index (χ1v) is 6.45. The molecule has 0 spiro atoms. The van der Waals surface area contributed by atoms with Crippen molar-refractivity contribution in [3.63, 3.8) is 0 Å². The maximum atomic E-state index is 11.9. The van der Waals surface area contributed by atoms with Crippen molar-refractivity contribution in [2.75, 3.05) is 13.1 Å². The normalized spacial score (nSPS) is 19.6. The van der Waals surface area contributed by atoms with Crippen LogP contribution in [0.25, 0.3) is 0 Å². The Balaban J connectivity index is 2.18. The van der Waals surface area contributed by atoms with Crippen LogP contribution < -0.4 is 10.6 Å². The molecule has 0 heterocycles. The molecule has 0 aromatic carbocycles. The lowest BCUT2D eigenvalue weighted by Gasteiger charge is -2.28. The van der Waals surface area contributed by atoms with E-state index in [0.717, 1.165) is 12.8 Å². The molecule has 0 unspecified atom stereocenters. The Morgan fingerprint density at radius 2 is 1.89 bits per heavy atom. The van der Waals surface area contributed by atoms with Gasteiger partial charge in [-0.2, -0.15) is 13.2 Å². The highest BCUT2D eigenvalue weighted by atomic mass is 19.4. The van der Waals surface area contributed by atoms with Crippen molar-refractivity contribution in [2.45, 2.75) is 51.2 Å². The van der Waals surface area contributed by atoms with Gasteiger partial charge in [0.25, 0.3) is 0 Å². The second-order valence-electron chi connectivity index (χ2n) is 4.97. The molecule has 0 bridgehead atoms. The molecule has 6 heteroatoms. The number of alkyl halides is 3. The summed E-state index contributed by atoms with van der Waals surface area (Å²) in [6.07, 6.45) is 1.52. The van der Waals surface area contributed by atoms with E-state index in [9.17, 15) is 18.0 Å². The third-order valence-corrected chi connectivity index (χ3v) is 3.36. The van der Waals surface area contributed by atoms with Crippen molar-refractivity contribution in [1.82, 2.24) is 10.6 Å². The van der Waals surface area contributed by atoms with E-state index in [1.807, 2.05) is 6.92 Å². The quantitative estimate of drug-likeness (QED) is 0.801. The molecule has 1 saturated carbocycles. The molecule has 18 heavy (non-hydrogen) atoms. The number of halogens is 3. The molecule has 1 aliphatic carbocycles. The largest absolute Gasteiger partial charge is 0.401 e. The van der Waals surface area contributed by atoms with Crippen LogP contribution in [0.1, 0.15) is 39.0 Å². The number of hydrogen-bond donors (Lipinski definition) is 2. The van der Waals surface area contributed by atoms with Gasteiger partial charge >= 0.3 is 6.18 Å². The molecule has 106 valence electrons. The fourth-order valence-electron chi connectivity index (χ4n) is 2.37. The van der Waals surface area contributed by atoms with Gasteiger partial charge in [-0.3, -0.25) is 4.79 Å². The smallest absolute Gasteiger partial charge is 0.352 e. The average molecular weight is 266 g/mol. The summed E-state index contributed by atoms with van der Waals surface area (Å²) in [4.78, 5) is 11.4. The number of amides is 1. The molecule has 1 atom stereocenters. The van der Waals surface area contributed by atoms with Crippen molar-refractivity contribution in [2.24, 2.45) is 5.92 Å². The zero-order valence-electron chi connectivity index (χ0n) is 10.6. The Morgan fingerprint density at radius 3 is 2.44 bits per heavy atom. The lowest BCUT2D eigenvalue weighted by atomic mass is 9.84. The number of hydrogen-bond acceptors (Lipinski definition) is 2. The molecule has 1 rings (SSSR count). The van der Waals surface area contributed by atoms with Gasteiger partial charge in [-0.25, -0.2) is 0 Å². The Hall–Kier alpha value is -0.780. The second-order valence-corrected chi connectivity index (χ2v) is 4.97. The first-order chi connectivity index (χ1) is 8.38. The highest BCUT2D eigenvalue weighted by molar-refractivity contribution is 5.78. The van der Waals surface area contributed by atoms with Crippen LogP contribution in [0.3, 0.4) is 0 Å². The maximum absolute atomic E-state index is 11.9. The van der Waals surface area contributed by atoms with Gasteiger partial charge in [-0.05, 0) is 25.7 Å². The van der Waals surface area contributed by atoms with Gasteiger partial charge in [0.1, 0.15) is 0 Å². The molecule has 0 aliphatic heterocycles. The Kier molecular flexibility index (Phi) is 5.91. The van der Waals surface area contributed by atoms with E-state index < -0.39 is 12.7 Å². The molecule has 1 fully saturated rings. The van der Waals surface area contributed by atoms with Crippen molar-refractivity contribution < 1.29 is 18.0 Å². The molecule has 3 nitrogen and oxygen atoms in total. The van der Waals surface area contributed by atoms with Crippen LogP contribution >= 0.6 is 0 Å². The summed E-state index contributed by atoms with van der Waals surface area (Å²) in [7, 11) is 0. The van der Waals surface area contributed by atoms with Crippen LogP contribution in [-0.2, 0) is 4.79 Å². The Bertz CT molecular complexity index is 263. The van der Waals surface area contributed by atoms with Crippen molar-refractivity contribution in [1.29, 1.82) is 0 Å². The van der Waals surface area contributed by atoms with Gasteiger partial charge in [-0.1, -0.05) is 19.3 Å². The van der Waals surface area contributed by atoms with Crippen molar-refractivity contribution in [3.05, 3.63) is 0 Å². The predicted molar refractivity (Wildman–Crippen MR) is 63.1 cm³/mol. The number of rotatable bonds is 5. The topological polar surface area (TPSA) is 41.1 Å². The molecule has 0 radical (unpaired) electrons. The minimum atomic E-state index is -4.27. The van der Waals surface area contributed by atoms with Crippen LogP contribution in [0.15, 0.2) is 0 Å². The van der Waals surface area contributed by atoms with E-state index >= 15 is 0 Å². The summed E-state index contributed by atoms with van der Waals surface area (Å²) < 4.78 is 35.6. The molecular formula is C12H21F3N2O. The van der Waals surface area contributed by atoms with Gasteiger partial charge in [0, 0.05) is 6.04 Å². The Labute approximate surface area is 106 Å². The standard InChI is InChI=1S/C12H21F3N2O/c1-9(10-5-3-2-4-6-10)17-11(18)7-16-8-12(13,14)15/h9-10,16H,2-8H2,1H3,(H,17,18)/t9-/m1/s1. The van der Waals surface area contributed by atoms with Gasteiger partial charge in [-0.15, -0.1) is 0 Å². The molecular weight excluding hydrogens is 245 g/mol. The molecule has 2 N–H and O–H groups in total. The number of carbonyl (C=O) groups excluding carboxylic acids is 1. The van der Waals surface area contributed by atoms with E-state index in [4.69, 9.17) is 0 Å². The summed E-state index contributed by atoms with van der Waals surface area (Å²) in [5.74, 6) is 0.0997. The predicted octanol–water partition coefficient (Wildman–Crippen LogP) is 2.22. The molecule has 1 aliphatic rings. The van der Waals surface area contributed by atoms with Gasteiger partial charge in [0.05, 0.1) is 13.1 Å². The lowest BCUT2D eigenvalue weighted by molar-refractivity contribution is -0.128. The van der Waals surface area contributed by atoms with Crippen LogP contribution in [0.4, 0.5) is 13.2 Å². The van der Waals surface area contributed by atoms with E-state index in [1.165, 1.54) is 19.3 Å². The first-order valence-electron chi connectivity index (χ1n) is 6.45. The minimum absolute atomic E-state index is 0.0467. The van der Waals surface area contributed by atoms with E-state index in [1.54, 1.807) is 0 Å². The maximum Gasteiger partial charge on any atom is 0.401 e. The molecule has 1 amide bonds. The summed E-state index contributed by atoms with van der Waals surface area (Å²) in [5.41, 5.74) is 0. The molecule has 0 saturated heterocycles. The van der Waals surface area contributed by atoms with Crippen molar-refractivity contribution in [3.8, 4) is 0 Å². The summed E-state index contributed by atoms with van der Waals surface area (Å²) in [6.45, 7) is 0.520. The summed E-state index contributed by atoms with van der Waals surface area (Å²) >= 11 is 0. The summed E-state index contributed by atoms with van der Waals surface area (Å²) in [5, 5.41) is 4.86. The Morgan fingerprint density at radius 1 is 1.28 bits per heavy atom. The van der Waals surface area contributed by atoms with Gasteiger partial charge < -0.3 is 10.6 Å². The van der Waals surface area contributed by atoms with E-state index in [0.29, 0.717) is 5.92 Å². The fraction of sp³-hybridized carbons (Fsp3) is 0.917. The van der Waals surface area contributed by atoms with E-state index in [-0.39, 0.29) is 18.5 Å². The third-order valence-electron chi connectivity index (χ3n) is 3.36. The van der Waals surface area contributed by atoms with E-state index in [2.05, 4.69) is 10.6 Å². The molecule has 0 aromatic heterocycles. The summed E-state index contributed by atoms with van der Waals surface area (Å²) in [6, 6.07) is 0.0467. The number of carbonyl (C=O) groups is 1. The molecule has 0 aromatic rings. The zero-order valence-corrected chi connectivity index (χ0v) is 10.6. The second kappa shape index (κ2) is 6.97. The minimum Gasteiger partial charge on any atom is -0.352 e. The zero-order chi connectivity index (χ0) is 13.6. The average Bonchev–Trinajstić information content (AvgIpc) is 2.28. The van der Waals surface area contributed by atoms with Crippen LogP contribution in [0, 0.1) is 5.92 Å². The monoisotopic (exact) mass is 266 g/mol. The van der Waals surface area contributed by atoms with Crippen molar-refractivity contribution >= 4 is 5.91 Å². The lowest BCUT2D eigenvalue weighted by Crippen LogP contribution is -2.44.